The van der Waals surface area contributed by atoms with Gasteiger partial charge in [0.05, 0.1) is 17.4 Å². The first kappa shape index (κ1) is 24.1. The smallest absolute Gasteiger partial charge is 0.416 e. The molecule has 1 saturated heterocycles. The molecule has 2 heterocycles. The summed E-state index contributed by atoms with van der Waals surface area (Å²) in [6.45, 7) is 0.864. The van der Waals surface area contributed by atoms with Gasteiger partial charge < -0.3 is 20.0 Å². The molecule has 1 aromatic heterocycles. The third-order valence-corrected chi connectivity index (χ3v) is 5.76. The van der Waals surface area contributed by atoms with E-state index in [1.54, 1.807) is 23.1 Å². The topological polar surface area (TPSA) is 91.7 Å². The first-order valence-electron chi connectivity index (χ1n) is 10.9. The van der Waals surface area contributed by atoms with Crippen molar-refractivity contribution < 1.29 is 32.0 Å². The Bertz CT molecular complexity index is 1220. The fourth-order valence-corrected chi connectivity index (χ4v) is 3.87. The Hall–Kier alpha value is -4.08. The molecule has 0 bridgehead atoms. The number of halogens is 3. The Balaban J connectivity index is 1.34. The molecule has 1 aliphatic rings. The molecule has 0 atom stereocenters. The van der Waals surface area contributed by atoms with Crippen molar-refractivity contribution >= 4 is 29.1 Å². The van der Waals surface area contributed by atoms with Crippen LogP contribution in [0.5, 0.6) is 0 Å². The number of hydrogen-bond donors (Lipinski definition) is 2. The molecule has 0 spiro atoms. The monoisotopic (exact) mass is 485 g/mol. The second-order valence-electron chi connectivity index (χ2n) is 8.18. The highest BCUT2D eigenvalue weighted by Crippen LogP contribution is 2.31. The van der Waals surface area contributed by atoms with Gasteiger partial charge in [0.2, 0.25) is 5.91 Å². The SMILES string of the molecule is O=C(Nc1cccc(C(F)(F)F)c1)c1cccc(NC(=O)C2CCN(C(=O)c3ccoc3)CC2)c1. The van der Waals surface area contributed by atoms with Crippen LogP contribution in [0.3, 0.4) is 0 Å². The molecule has 0 aliphatic carbocycles. The van der Waals surface area contributed by atoms with Gasteiger partial charge in [0.15, 0.2) is 0 Å². The van der Waals surface area contributed by atoms with E-state index in [9.17, 15) is 27.6 Å². The van der Waals surface area contributed by atoms with Crippen LogP contribution in [0, 0.1) is 5.92 Å². The van der Waals surface area contributed by atoms with Gasteiger partial charge in [0.25, 0.3) is 11.8 Å². The number of nitrogens with one attached hydrogen (secondary N) is 2. The number of alkyl halides is 3. The van der Waals surface area contributed by atoms with E-state index in [1.165, 1.54) is 36.8 Å². The van der Waals surface area contributed by atoms with E-state index < -0.39 is 17.6 Å². The lowest BCUT2D eigenvalue weighted by atomic mass is 9.95. The minimum Gasteiger partial charge on any atom is -0.472 e. The van der Waals surface area contributed by atoms with E-state index in [2.05, 4.69) is 10.6 Å². The summed E-state index contributed by atoms with van der Waals surface area (Å²) < 4.78 is 43.7. The Morgan fingerprint density at radius 1 is 0.886 bits per heavy atom. The average molecular weight is 485 g/mol. The number of piperidine rings is 1. The summed E-state index contributed by atoms with van der Waals surface area (Å²) in [5.74, 6) is -1.27. The molecule has 182 valence electrons. The van der Waals surface area contributed by atoms with Crippen LogP contribution in [0.2, 0.25) is 0 Å². The number of likely N-dealkylation sites (tertiary alicyclic amines) is 1. The molecular weight excluding hydrogens is 463 g/mol. The Labute approximate surface area is 198 Å². The third kappa shape index (κ3) is 5.89. The summed E-state index contributed by atoms with van der Waals surface area (Å²) in [6, 6.07) is 12.1. The summed E-state index contributed by atoms with van der Waals surface area (Å²) in [5.41, 5.74) is 0.183. The largest absolute Gasteiger partial charge is 0.472 e. The molecule has 0 unspecified atom stereocenters. The summed E-state index contributed by atoms with van der Waals surface area (Å²) in [7, 11) is 0. The standard InChI is InChI=1S/C25H22F3N3O4/c26-25(27,28)19-4-2-6-21(14-19)30-23(33)17-3-1-5-20(13-17)29-22(32)16-7-10-31(11-8-16)24(34)18-9-12-35-15-18/h1-6,9,12-16H,7-8,10-11H2,(H,29,32)(H,30,33). The van der Waals surface area contributed by atoms with E-state index in [4.69, 9.17) is 4.42 Å². The zero-order valence-electron chi connectivity index (χ0n) is 18.5. The van der Waals surface area contributed by atoms with Crippen LogP contribution in [0.25, 0.3) is 0 Å². The van der Waals surface area contributed by atoms with Crippen molar-refractivity contribution in [2.75, 3.05) is 23.7 Å². The maximum atomic E-state index is 12.9. The fourth-order valence-electron chi connectivity index (χ4n) is 3.87. The van der Waals surface area contributed by atoms with Crippen molar-refractivity contribution in [2.24, 2.45) is 5.92 Å². The van der Waals surface area contributed by atoms with Gasteiger partial charge in [0, 0.05) is 35.9 Å². The van der Waals surface area contributed by atoms with E-state index in [0.29, 0.717) is 37.2 Å². The molecule has 0 saturated carbocycles. The predicted molar refractivity (Wildman–Crippen MR) is 122 cm³/mol. The highest BCUT2D eigenvalue weighted by molar-refractivity contribution is 6.05. The number of carbonyl (C=O) groups is 3. The molecule has 1 fully saturated rings. The van der Waals surface area contributed by atoms with Crippen molar-refractivity contribution in [2.45, 2.75) is 19.0 Å². The van der Waals surface area contributed by atoms with E-state index >= 15 is 0 Å². The first-order valence-corrected chi connectivity index (χ1v) is 10.9. The van der Waals surface area contributed by atoms with Crippen molar-refractivity contribution in [1.82, 2.24) is 4.90 Å². The third-order valence-electron chi connectivity index (χ3n) is 5.76. The second kappa shape index (κ2) is 10.0. The number of amides is 3. The number of carbonyl (C=O) groups excluding carboxylic acids is 3. The number of hydrogen-bond acceptors (Lipinski definition) is 4. The molecule has 4 rings (SSSR count). The molecule has 1 aliphatic heterocycles. The molecular formula is C25H22F3N3O4. The predicted octanol–water partition coefficient (Wildman–Crippen LogP) is 5.04. The summed E-state index contributed by atoms with van der Waals surface area (Å²) in [5, 5.41) is 5.23. The van der Waals surface area contributed by atoms with Gasteiger partial charge in [-0.3, -0.25) is 14.4 Å². The lowest BCUT2D eigenvalue weighted by Crippen LogP contribution is -2.41. The second-order valence-corrected chi connectivity index (χ2v) is 8.18. The minimum atomic E-state index is -4.52. The number of furan rings is 1. The maximum Gasteiger partial charge on any atom is 0.416 e. The zero-order chi connectivity index (χ0) is 25.0. The van der Waals surface area contributed by atoms with Gasteiger partial charge >= 0.3 is 6.18 Å². The normalized spacial score (nSPS) is 14.4. The Morgan fingerprint density at radius 3 is 2.23 bits per heavy atom. The highest BCUT2D eigenvalue weighted by atomic mass is 19.4. The van der Waals surface area contributed by atoms with Crippen LogP contribution in [0.15, 0.2) is 71.5 Å². The van der Waals surface area contributed by atoms with E-state index in [0.717, 1.165) is 12.1 Å². The van der Waals surface area contributed by atoms with Gasteiger partial charge in [-0.05, 0) is 55.3 Å². The summed E-state index contributed by atoms with van der Waals surface area (Å²) >= 11 is 0. The molecule has 3 aromatic rings. The quantitative estimate of drug-likeness (QED) is 0.530. The molecule has 3 amide bonds. The molecule has 2 aromatic carbocycles. The van der Waals surface area contributed by atoms with E-state index in [1.807, 2.05) is 0 Å². The maximum absolute atomic E-state index is 12.9. The van der Waals surface area contributed by atoms with Crippen LogP contribution in [0.4, 0.5) is 24.5 Å². The average Bonchev–Trinajstić information content (AvgIpc) is 3.38. The molecule has 2 N–H and O–H groups in total. The Kier molecular flexibility index (Phi) is 6.90. The highest BCUT2D eigenvalue weighted by Gasteiger charge is 2.31. The number of anilines is 2. The van der Waals surface area contributed by atoms with Crippen LogP contribution in [0.1, 0.15) is 39.1 Å². The molecule has 7 nitrogen and oxygen atoms in total. The van der Waals surface area contributed by atoms with Crippen LogP contribution in [-0.2, 0) is 11.0 Å². The van der Waals surface area contributed by atoms with E-state index in [-0.39, 0.29) is 29.0 Å². The van der Waals surface area contributed by atoms with Gasteiger partial charge in [-0.2, -0.15) is 13.2 Å². The fraction of sp³-hybridized carbons (Fsp3) is 0.240. The van der Waals surface area contributed by atoms with Gasteiger partial charge in [0.1, 0.15) is 6.26 Å². The summed E-state index contributed by atoms with van der Waals surface area (Å²) in [6.07, 6.45) is -0.720. The van der Waals surface area contributed by atoms with Crippen LogP contribution < -0.4 is 10.6 Å². The number of nitrogens with zero attached hydrogens (tertiary/aromatic N) is 1. The minimum absolute atomic E-state index is 0.0102. The zero-order valence-corrected chi connectivity index (χ0v) is 18.5. The van der Waals surface area contributed by atoms with Gasteiger partial charge in [-0.15, -0.1) is 0 Å². The first-order chi connectivity index (χ1) is 16.7. The van der Waals surface area contributed by atoms with Crippen molar-refractivity contribution in [3.8, 4) is 0 Å². The van der Waals surface area contributed by atoms with Crippen LogP contribution >= 0.6 is 0 Å². The van der Waals surface area contributed by atoms with Crippen molar-refractivity contribution in [1.29, 1.82) is 0 Å². The lowest BCUT2D eigenvalue weighted by molar-refractivity contribution is -0.137. The van der Waals surface area contributed by atoms with Crippen molar-refractivity contribution in [3.05, 3.63) is 83.8 Å². The molecule has 0 radical (unpaired) electrons. The van der Waals surface area contributed by atoms with Gasteiger partial charge in [-0.1, -0.05) is 12.1 Å². The molecule has 10 heteroatoms. The lowest BCUT2D eigenvalue weighted by Gasteiger charge is -2.31. The number of benzene rings is 2. The summed E-state index contributed by atoms with van der Waals surface area (Å²) in [4.78, 5) is 39.4. The molecule has 35 heavy (non-hydrogen) atoms. The van der Waals surface area contributed by atoms with Gasteiger partial charge in [-0.25, -0.2) is 0 Å². The number of rotatable bonds is 5. The van der Waals surface area contributed by atoms with Crippen molar-refractivity contribution in [3.63, 3.8) is 0 Å². The Morgan fingerprint density at radius 2 is 1.57 bits per heavy atom. The van der Waals surface area contributed by atoms with Crippen LogP contribution in [-0.4, -0.2) is 35.7 Å².